The molecule has 8 nitrogen and oxygen atoms in total. The summed E-state index contributed by atoms with van der Waals surface area (Å²) < 4.78 is 63.3. The molecule has 2 aromatic carbocycles. The number of hydrogen-bond acceptors (Lipinski definition) is 5. The van der Waals surface area contributed by atoms with Gasteiger partial charge in [-0.25, -0.2) is 0 Å². The Morgan fingerprint density at radius 3 is 2.00 bits per heavy atom. The van der Waals surface area contributed by atoms with Gasteiger partial charge in [0, 0.05) is 11.3 Å². The third-order valence-electron chi connectivity index (χ3n) is 3.33. The molecule has 10 heteroatoms. The number of hydrogen-bond donors (Lipinski definition) is 3. The van der Waals surface area contributed by atoms with Gasteiger partial charge in [-0.2, -0.15) is 16.8 Å². The van der Waals surface area contributed by atoms with Crippen LogP contribution in [0.1, 0.15) is 22.8 Å². The summed E-state index contributed by atoms with van der Waals surface area (Å²) in [5.41, 5.74) is 0.970. The summed E-state index contributed by atoms with van der Waals surface area (Å²) in [5, 5.41) is 2.34. The third kappa shape index (κ3) is 4.86. The first-order chi connectivity index (χ1) is 11.5. The molecule has 0 fully saturated rings. The molecule has 2 aromatic rings. The van der Waals surface area contributed by atoms with E-state index >= 15 is 0 Å². The molecule has 3 N–H and O–H groups in total. The first-order valence-electron chi connectivity index (χ1n) is 7.01. The summed E-state index contributed by atoms with van der Waals surface area (Å²) in [6.45, 7) is 1.91. The lowest BCUT2D eigenvalue weighted by Gasteiger charge is -2.09. The molecule has 0 saturated carbocycles. The molecule has 0 aliphatic rings. The molecule has 0 saturated heterocycles. The normalized spacial score (nSPS) is 12.0. The number of aryl methyl sites for hydroxylation is 1. The minimum Gasteiger partial charge on any atom is -0.322 e. The van der Waals surface area contributed by atoms with Gasteiger partial charge in [0.15, 0.2) is 0 Å². The van der Waals surface area contributed by atoms with Crippen LogP contribution in [0.5, 0.6) is 0 Å². The molecule has 134 valence electrons. The fourth-order valence-corrected chi connectivity index (χ4v) is 3.26. The highest BCUT2D eigenvalue weighted by molar-refractivity contribution is 7.86. The Morgan fingerprint density at radius 1 is 0.960 bits per heavy atom. The van der Waals surface area contributed by atoms with Gasteiger partial charge in [0.1, 0.15) is 0 Å². The Balaban J connectivity index is 2.46. The van der Waals surface area contributed by atoms with Gasteiger partial charge in [-0.05, 0) is 42.3 Å². The first kappa shape index (κ1) is 19.1. The number of amides is 1. The lowest BCUT2D eigenvalue weighted by Crippen LogP contribution is -2.13. The number of nitrogens with one attached hydrogen (secondary N) is 1. The number of rotatable bonds is 5. The van der Waals surface area contributed by atoms with Gasteiger partial charge < -0.3 is 5.32 Å². The molecule has 1 amide bonds. The Labute approximate surface area is 145 Å². The molecular weight excluding hydrogens is 370 g/mol. The van der Waals surface area contributed by atoms with E-state index in [4.69, 9.17) is 9.11 Å². The Bertz CT molecular complexity index is 977. The maximum atomic E-state index is 12.3. The molecule has 0 aliphatic carbocycles. The van der Waals surface area contributed by atoms with Crippen molar-refractivity contribution in [3.05, 3.63) is 53.6 Å². The molecular formula is C15H15NO7S2. The van der Waals surface area contributed by atoms with E-state index in [0.29, 0.717) is 12.5 Å². The van der Waals surface area contributed by atoms with Gasteiger partial charge in [-0.15, -0.1) is 0 Å². The standard InChI is InChI=1S/C15H15NO7S2/c1-2-10-4-3-5-11(6-10)15(17)16-12-7-13(24(18,19)20)9-14(8-12)25(21,22)23/h3-9H,2H2,1H3,(H,16,17)(H,18,19,20)(H,21,22,23). The molecule has 0 unspecified atom stereocenters. The van der Waals surface area contributed by atoms with E-state index in [1.807, 2.05) is 13.0 Å². The van der Waals surface area contributed by atoms with Crippen LogP contribution in [0.2, 0.25) is 0 Å². The van der Waals surface area contributed by atoms with E-state index in [9.17, 15) is 21.6 Å². The highest BCUT2D eigenvalue weighted by Crippen LogP contribution is 2.23. The largest absolute Gasteiger partial charge is 0.322 e. The van der Waals surface area contributed by atoms with Crippen LogP contribution in [0.3, 0.4) is 0 Å². The molecule has 0 heterocycles. The van der Waals surface area contributed by atoms with Crippen molar-refractivity contribution in [1.29, 1.82) is 0 Å². The second kappa shape index (κ2) is 6.92. The van der Waals surface area contributed by atoms with Crippen molar-refractivity contribution in [2.45, 2.75) is 23.1 Å². The zero-order chi connectivity index (χ0) is 18.8. The minimum atomic E-state index is -4.75. The van der Waals surface area contributed by atoms with Crippen LogP contribution in [-0.2, 0) is 26.7 Å². The van der Waals surface area contributed by atoms with Crippen LogP contribution >= 0.6 is 0 Å². The maximum absolute atomic E-state index is 12.3. The van der Waals surface area contributed by atoms with Crippen LogP contribution in [0.4, 0.5) is 5.69 Å². The van der Waals surface area contributed by atoms with E-state index in [2.05, 4.69) is 5.32 Å². The van der Waals surface area contributed by atoms with E-state index in [1.54, 1.807) is 12.1 Å². The van der Waals surface area contributed by atoms with Gasteiger partial charge in [-0.1, -0.05) is 19.1 Å². The summed E-state index contributed by atoms with van der Waals surface area (Å²) in [4.78, 5) is 10.7. The number of benzene rings is 2. The van der Waals surface area contributed by atoms with Crippen LogP contribution in [0, 0.1) is 0 Å². The first-order valence-corrected chi connectivity index (χ1v) is 9.89. The monoisotopic (exact) mass is 385 g/mol. The lowest BCUT2D eigenvalue weighted by atomic mass is 10.1. The second-order valence-electron chi connectivity index (χ2n) is 5.15. The number of carbonyl (C=O) groups excluding carboxylic acids is 1. The summed E-state index contributed by atoms with van der Waals surface area (Å²) in [7, 11) is -9.49. The van der Waals surface area contributed by atoms with Crippen molar-refractivity contribution in [3.63, 3.8) is 0 Å². The van der Waals surface area contributed by atoms with Crippen LogP contribution in [0.25, 0.3) is 0 Å². The van der Waals surface area contributed by atoms with Gasteiger partial charge >= 0.3 is 0 Å². The van der Waals surface area contributed by atoms with Crippen molar-refractivity contribution in [3.8, 4) is 0 Å². The van der Waals surface area contributed by atoms with Gasteiger partial charge in [-0.3, -0.25) is 13.9 Å². The highest BCUT2D eigenvalue weighted by atomic mass is 32.2. The molecule has 2 rings (SSSR count). The smallest absolute Gasteiger partial charge is 0.294 e. The van der Waals surface area contributed by atoms with Gasteiger partial charge in [0.2, 0.25) is 0 Å². The zero-order valence-electron chi connectivity index (χ0n) is 13.0. The average molecular weight is 385 g/mol. The van der Waals surface area contributed by atoms with E-state index in [1.165, 1.54) is 6.07 Å². The van der Waals surface area contributed by atoms with Gasteiger partial charge in [0.05, 0.1) is 9.79 Å². The SMILES string of the molecule is CCc1cccc(C(=O)Nc2cc(S(=O)(=O)O)cc(S(=O)(=O)O)c2)c1. The topological polar surface area (TPSA) is 138 Å². The lowest BCUT2D eigenvalue weighted by molar-refractivity contribution is 0.102. The highest BCUT2D eigenvalue weighted by Gasteiger charge is 2.19. The number of carbonyl (C=O) groups is 1. The van der Waals surface area contributed by atoms with Crippen molar-refractivity contribution in [2.24, 2.45) is 0 Å². The van der Waals surface area contributed by atoms with Crippen molar-refractivity contribution in [2.75, 3.05) is 5.32 Å². The Kier molecular flexibility index (Phi) is 5.28. The molecule has 0 aromatic heterocycles. The Hall–Kier alpha value is -2.27. The molecule has 25 heavy (non-hydrogen) atoms. The van der Waals surface area contributed by atoms with Crippen molar-refractivity contribution in [1.82, 2.24) is 0 Å². The summed E-state index contributed by atoms with van der Waals surface area (Å²) in [6, 6.07) is 9.00. The molecule has 0 spiro atoms. The molecule has 0 aliphatic heterocycles. The Morgan fingerprint density at radius 2 is 1.52 bits per heavy atom. The van der Waals surface area contributed by atoms with Gasteiger partial charge in [0.25, 0.3) is 26.1 Å². The summed E-state index contributed by atoms with van der Waals surface area (Å²) in [6.07, 6.45) is 0.701. The zero-order valence-corrected chi connectivity index (χ0v) is 14.6. The van der Waals surface area contributed by atoms with Crippen LogP contribution in [-0.4, -0.2) is 31.8 Å². The summed E-state index contributed by atoms with van der Waals surface area (Å²) in [5.74, 6) is -0.607. The fraction of sp³-hybridized carbons (Fsp3) is 0.133. The summed E-state index contributed by atoms with van der Waals surface area (Å²) >= 11 is 0. The van der Waals surface area contributed by atoms with E-state index in [0.717, 1.165) is 17.7 Å². The minimum absolute atomic E-state index is 0.213. The quantitative estimate of drug-likeness (QED) is 0.669. The number of anilines is 1. The third-order valence-corrected chi connectivity index (χ3v) is 4.99. The maximum Gasteiger partial charge on any atom is 0.294 e. The predicted octanol–water partition coefficient (Wildman–Crippen LogP) is 1.99. The van der Waals surface area contributed by atoms with Crippen molar-refractivity contribution < 1.29 is 30.7 Å². The molecule has 0 atom stereocenters. The van der Waals surface area contributed by atoms with Crippen molar-refractivity contribution >= 4 is 31.8 Å². The molecule has 0 bridgehead atoms. The van der Waals surface area contributed by atoms with E-state index in [-0.39, 0.29) is 11.3 Å². The predicted molar refractivity (Wildman–Crippen MR) is 89.8 cm³/mol. The second-order valence-corrected chi connectivity index (χ2v) is 7.99. The average Bonchev–Trinajstić information content (AvgIpc) is 2.53. The van der Waals surface area contributed by atoms with Crippen LogP contribution in [0.15, 0.2) is 52.3 Å². The van der Waals surface area contributed by atoms with Crippen LogP contribution < -0.4 is 5.32 Å². The fourth-order valence-electron chi connectivity index (χ4n) is 2.08. The molecule has 0 radical (unpaired) electrons. The van der Waals surface area contributed by atoms with E-state index < -0.39 is 35.9 Å².